The summed E-state index contributed by atoms with van der Waals surface area (Å²) in [6.45, 7) is 32.1. The first-order chi connectivity index (χ1) is 53.5. The van der Waals surface area contributed by atoms with Crippen LogP contribution in [0.5, 0.6) is 11.5 Å². The predicted octanol–water partition coefficient (Wildman–Crippen LogP) is 24.2. The lowest BCUT2D eigenvalue weighted by molar-refractivity contribution is -0.175. The van der Waals surface area contributed by atoms with Gasteiger partial charge < -0.3 is 66.3 Å². The van der Waals surface area contributed by atoms with Gasteiger partial charge in [0.15, 0.2) is 0 Å². The number of para-hydroxylation sites is 2. The van der Waals surface area contributed by atoms with Gasteiger partial charge in [-0.2, -0.15) is 0 Å². The minimum absolute atomic E-state index is 0.0680. The Morgan fingerprint density at radius 1 is 0.255 bits per heavy atom. The minimum Gasteiger partial charge on any atom is -0.487 e. The average molecular weight is 1540 g/mol. The van der Waals surface area contributed by atoms with E-state index >= 15 is 0 Å². The van der Waals surface area contributed by atoms with Gasteiger partial charge in [-0.3, -0.25) is 0 Å². The largest absolute Gasteiger partial charge is 0.487 e. The second-order valence-corrected chi connectivity index (χ2v) is 33.0. The normalized spacial score (nSPS) is 26.2. The van der Waals surface area contributed by atoms with Crippen molar-refractivity contribution in [2.24, 2.45) is 0 Å². The molecule has 110 heavy (non-hydrogen) atoms. The first-order valence-electron chi connectivity index (χ1n) is 44.4. The molecular weight excluding hydrogens is 1380 g/mol. The summed E-state index contributed by atoms with van der Waals surface area (Å²) < 4.78 is 82.0. The van der Waals surface area contributed by atoms with Gasteiger partial charge in [-0.05, 0) is 219 Å². The van der Waals surface area contributed by atoms with Crippen molar-refractivity contribution >= 4 is 0 Å². The molecule has 0 spiro atoms. The van der Waals surface area contributed by atoms with Crippen molar-refractivity contribution in [3.63, 3.8) is 0 Å². The Kier molecular flexibility index (Phi) is 52.4. The third-order valence-electron chi connectivity index (χ3n) is 21.3. The Morgan fingerprint density at radius 2 is 0.491 bits per heavy atom. The fourth-order valence-corrected chi connectivity index (χ4v) is 15.6. The zero-order valence-electron chi connectivity index (χ0n) is 72.0. The molecule has 7 aliphatic rings. The lowest BCUT2D eigenvalue weighted by Crippen LogP contribution is -2.43. The second-order valence-electron chi connectivity index (χ2n) is 33.0. The van der Waals surface area contributed by atoms with Gasteiger partial charge in [0.25, 0.3) is 0 Å². The van der Waals surface area contributed by atoms with E-state index in [-0.39, 0.29) is 47.8 Å². The topological polar surface area (TPSA) is 129 Å². The maximum Gasteiger partial charge on any atom is 0.135 e. The highest BCUT2D eigenvalue weighted by atomic mass is 16.6. The van der Waals surface area contributed by atoms with Crippen LogP contribution >= 0.6 is 0 Å². The predicted molar refractivity (Wildman–Crippen MR) is 452 cm³/mol. The van der Waals surface area contributed by atoms with Crippen molar-refractivity contribution < 1.29 is 66.3 Å². The molecule has 4 aromatic rings. The lowest BCUT2D eigenvalue weighted by Gasteiger charge is -2.39. The Hall–Kier alpha value is -4.00. The molecular formula is C96H160O14. The van der Waals surface area contributed by atoms with E-state index in [2.05, 4.69) is 132 Å². The standard InChI is InChI=1S/C20H24O2.C18H20O2.2C14H28O2.C12H24O2.C10H20O2.C8H16O2/c1-3-9-17(10-4-1)15-21-19-13-7-8-14-20(19)22-16-18-11-5-2-6-12-18;1-3-9-15(10-4-1)19-17-13-7-8-14-18(17)20-16-11-5-2-6-12-16;1-13(2,3)15-11-9-7-8-10-12(11)16-14(4,5)6;1-3-5-11-15-13-9-7-8-10-14(13)16-12-6-4-2;1-3-9-13-11-7-5-6-8-12(11)14-10-4-2;1-3-11-9-7-5-6-8-10(9)12-4-2;1-9-7-5-3-4-6-8(7)10-2/h1-6,9-12,19-20H,7-8,13-16H2;1-6,9-12,17-18H,7-8,13-14H2;11-12H,7-10H2,1-6H3;13-14H,3-12H2,1-2H3;11-12H,3-10H2,1-2H3;9-10H,3-8H2,1-2H3;7-8H,3-6H2,1-2H3. The molecule has 0 bridgehead atoms. The van der Waals surface area contributed by atoms with Gasteiger partial charge in [0.1, 0.15) is 23.7 Å². The van der Waals surface area contributed by atoms with Crippen LogP contribution in [0, 0.1) is 0 Å². The van der Waals surface area contributed by atoms with Crippen LogP contribution in [-0.2, 0) is 70.1 Å². The van der Waals surface area contributed by atoms with E-state index in [0.717, 1.165) is 115 Å². The van der Waals surface area contributed by atoms with Gasteiger partial charge in [-0.15, -0.1) is 0 Å². The molecule has 14 nitrogen and oxygen atoms in total. The monoisotopic (exact) mass is 1540 g/mol. The Bertz CT molecular complexity index is 2520. The van der Waals surface area contributed by atoms with E-state index in [4.69, 9.17) is 66.3 Å². The first-order valence-corrected chi connectivity index (χ1v) is 44.4. The van der Waals surface area contributed by atoms with Crippen LogP contribution in [-0.4, -0.2) is 151 Å². The van der Waals surface area contributed by atoms with E-state index in [1.807, 2.05) is 72.8 Å². The minimum atomic E-state index is -0.0680. The lowest BCUT2D eigenvalue weighted by atomic mass is 9.93. The van der Waals surface area contributed by atoms with Crippen LogP contribution in [0.2, 0.25) is 0 Å². The number of hydrogen-bond donors (Lipinski definition) is 0. The number of methoxy groups -OCH3 is 2. The van der Waals surface area contributed by atoms with Crippen molar-refractivity contribution in [2.75, 3.05) is 53.9 Å². The molecule has 0 amide bonds. The summed E-state index contributed by atoms with van der Waals surface area (Å²) in [7, 11) is 3.53. The summed E-state index contributed by atoms with van der Waals surface area (Å²) in [6, 6.07) is 40.8. The molecule has 628 valence electrons. The zero-order valence-corrected chi connectivity index (χ0v) is 72.0. The van der Waals surface area contributed by atoms with E-state index in [1.165, 1.54) is 165 Å². The smallest absolute Gasteiger partial charge is 0.135 e. The number of benzene rings is 4. The van der Waals surface area contributed by atoms with Gasteiger partial charge >= 0.3 is 0 Å². The van der Waals surface area contributed by atoms with Crippen molar-refractivity contribution in [1.82, 2.24) is 0 Å². The molecule has 14 atom stereocenters. The van der Waals surface area contributed by atoms with E-state index < -0.39 is 0 Å². The average Bonchev–Trinajstić information content (AvgIpc) is 0.856. The number of rotatable bonds is 32. The fraction of sp³-hybridized carbons (Fsp3) is 0.750. The van der Waals surface area contributed by atoms with E-state index in [0.29, 0.717) is 62.0 Å². The summed E-state index contributed by atoms with van der Waals surface area (Å²) in [5.41, 5.74) is 2.33. The van der Waals surface area contributed by atoms with Crippen molar-refractivity contribution in [1.29, 1.82) is 0 Å². The van der Waals surface area contributed by atoms with Crippen LogP contribution in [0.3, 0.4) is 0 Å². The molecule has 0 N–H and O–H groups in total. The highest BCUT2D eigenvalue weighted by Crippen LogP contribution is 2.33. The Labute approximate surface area is 671 Å². The van der Waals surface area contributed by atoms with Crippen molar-refractivity contribution in [3.05, 3.63) is 132 Å². The van der Waals surface area contributed by atoms with E-state index in [9.17, 15) is 0 Å². The van der Waals surface area contributed by atoms with E-state index in [1.54, 1.807) is 14.2 Å². The van der Waals surface area contributed by atoms with Gasteiger partial charge in [0.2, 0.25) is 0 Å². The molecule has 0 heterocycles. The highest BCUT2D eigenvalue weighted by Gasteiger charge is 2.35. The summed E-state index contributed by atoms with van der Waals surface area (Å²) in [4.78, 5) is 0. The van der Waals surface area contributed by atoms with Gasteiger partial charge in [-0.1, -0.05) is 215 Å². The van der Waals surface area contributed by atoms with Crippen LogP contribution in [0.25, 0.3) is 0 Å². The van der Waals surface area contributed by atoms with Gasteiger partial charge in [0.05, 0.1) is 97.7 Å². The molecule has 14 heteroatoms. The fourth-order valence-electron chi connectivity index (χ4n) is 15.6. The molecule has 7 fully saturated rings. The van der Waals surface area contributed by atoms with Crippen LogP contribution < -0.4 is 9.47 Å². The molecule has 0 aromatic heterocycles. The van der Waals surface area contributed by atoms with Crippen molar-refractivity contribution in [3.8, 4) is 11.5 Å². The molecule has 0 aliphatic heterocycles. The Balaban J connectivity index is 0.000000233. The number of hydrogen-bond acceptors (Lipinski definition) is 14. The van der Waals surface area contributed by atoms with Crippen molar-refractivity contribution in [2.45, 2.75) is 411 Å². The molecule has 7 aliphatic carbocycles. The quantitative estimate of drug-likeness (QED) is 0.0430. The molecule has 7 saturated carbocycles. The number of unbranched alkanes of at least 4 members (excludes halogenated alkanes) is 2. The summed E-state index contributed by atoms with van der Waals surface area (Å²) in [5, 5.41) is 0. The van der Waals surface area contributed by atoms with Gasteiger partial charge in [-0.25, -0.2) is 0 Å². The first kappa shape index (κ1) is 96.6. The molecule has 4 aromatic carbocycles. The maximum atomic E-state index is 6.15. The summed E-state index contributed by atoms with van der Waals surface area (Å²) in [6.07, 6.45) is 45.1. The maximum absolute atomic E-state index is 6.15. The highest BCUT2D eigenvalue weighted by molar-refractivity contribution is 5.23. The molecule has 0 radical (unpaired) electrons. The third kappa shape index (κ3) is 42.6. The molecule has 14 unspecified atom stereocenters. The Morgan fingerprint density at radius 3 is 0.745 bits per heavy atom. The van der Waals surface area contributed by atoms with Crippen LogP contribution in [0.15, 0.2) is 121 Å². The van der Waals surface area contributed by atoms with Crippen LogP contribution in [0.1, 0.15) is 313 Å². The summed E-state index contributed by atoms with van der Waals surface area (Å²) >= 11 is 0. The molecule has 11 rings (SSSR count). The molecule has 0 saturated heterocycles. The zero-order chi connectivity index (χ0) is 79.1. The van der Waals surface area contributed by atoms with Crippen LogP contribution in [0.4, 0.5) is 0 Å². The second kappa shape index (κ2) is 59.6. The third-order valence-corrected chi connectivity index (χ3v) is 21.3. The SMILES string of the molecule is CC(C)(C)OC1CCCCC1OC(C)(C)C.CCCCOC1CCCCC1OCCCC.CCCOC1CCCCC1OCCC.CCOC1CCCCC1OCC.COC1CCCCC1OC.c1ccc(COC2CCCCC2OCc2ccccc2)cc1.c1ccc(OC2CCCCC2Oc2ccccc2)cc1. The number of ether oxygens (including phenoxy) is 14. The summed E-state index contributed by atoms with van der Waals surface area (Å²) in [5.74, 6) is 1.86. The van der Waals surface area contributed by atoms with Gasteiger partial charge in [0, 0.05) is 53.9 Å².